The Morgan fingerprint density at radius 3 is 2.24 bits per heavy atom. The number of hydrogen-bond donors (Lipinski definition) is 2. The maximum Gasteiger partial charge on any atom is 0.231 e. The molecule has 3 N–H and O–H groups in total. The second kappa shape index (κ2) is 10.9. The Morgan fingerprint density at radius 2 is 1.70 bits per heavy atom. The van der Waals surface area contributed by atoms with Crippen molar-refractivity contribution < 1.29 is 27.7 Å². The van der Waals surface area contributed by atoms with E-state index in [1.54, 1.807) is 47.3 Å². The lowest BCUT2D eigenvalue weighted by Crippen LogP contribution is -2.37. The summed E-state index contributed by atoms with van der Waals surface area (Å²) in [6.45, 7) is 0. The van der Waals surface area contributed by atoms with Crippen molar-refractivity contribution in [3.63, 3.8) is 0 Å². The van der Waals surface area contributed by atoms with Crippen molar-refractivity contribution in [3.8, 4) is 34.5 Å². The van der Waals surface area contributed by atoms with Gasteiger partial charge >= 0.3 is 0 Å². The first kappa shape index (κ1) is 25.9. The van der Waals surface area contributed by atoms with Crippen LogP contribution in [-0.2, 0) is 16.4 Å². The highest BCUT2D eigenvalue weighted by molar-refractivity contribution is 7.89. The highest BCUT2D eigenvalue weighted by Crippen LogP contribution is 2.37. The van der Waals surface area contributed by atoms with Crippen molar-refractivity contribution in [2.75, 3.05) is 21.3 Å². The molecule has 0 aliphatic rings. The number of benzene rings is 1. The average Bonchev–Trinajstić information content (AvgIpc) is 3.33. The number of aliphatic hydroxyl groups is 1. The molecule has 0 aliphatic heterocycles. The van der Waals surface area contributed by atoms with Gasteiger partial charge in [-0.05, 0) is 24.3 Å². The third-order valence-corrected chi connectivity index (χ3v) is 6.86. The molecule has 37 heavy (non-hydrogen) atoms. The molecular formula is C23H25N7O6S. The van der Waals surface area contributed by atoms with Gasteiger partial charge < -0.3 is 19.3 Å². The quantitative estimate of drug-likeness (QED) is 0.301. The Labute approximate surface area is 213 Å². The van der Waals surface area contributed by atoms with Crippen molar-refractivity contribution in [3.05, 3.63) is 66.6 Å². The Morgan fingerprint density at radius 1 is 0.973 bits per heavy atom. The summed E-state index contributed by atoms with van der Waals surface area (Å²) in [5, 5.41) is 23.6. The molecule has 0 amide bonds. The van der Waals surface area contributed by atoms with Gasteiger partial charge in [0.1, 0.15) is 34.4 Å². The maximum absolute atomic E-state index is 12.7. The van der Waals surface area contributed by atoms with Gasteiger partial charge in [-0.15, -0.1) is 10.2 Å². The van der Waals surface area contributed by atoms with E-state index in [0.29, 0.717) is 28.6 Å². The topological polar surface area (TPSA) is 177 Å². The minimum atomic E-state index is -4.32. The zero-order valence-corrected chi connectivity index (χ0v) is 21.0. The molecule has 14 heteroatoms. The number of nitrogens with zero attached hydrogens (tertiary/aromatic N) is 6. The smallest absolute Gasteiger partial charge is 0.231 e. The van der Waals surface area contributed by atoms with E-state index in [1.165, 1.54) is 33.7 Å². The highest BCUT2D eigenvalue weighted by atomic mass is 32.2. The summed E-state index contributed by atoms with van der Waals surface area (Å²) >= 11 is 0. The van der Waals surface area contributed by atoms with Crippen LogP contribution in [0.25, 0.3) is 17.1 Å². The molecule has 0 saturated carbocycles. The summed E-state index contributed by atoms with van der Waals surface area (Å²) in [6.07, 6.45) is 3.73. The van der Waals surface area contributed by atoms with Crippen molar-refractivity contribution in [2.45, 2.75) is 17.8 Å². The van der Waals surface area contributed by atoms with Gasteiger partial charge in [0.2, 0.25) is 15.9 Å². The van der Waals surface area contributed by atoms with Crippen LogP contribution in [0.15, 0.2) is 55.1 Å². The molecule has 4 rings (SSSR count). The lowest BCUT2D eigenvalue weighted by Gasteiger charge is -2.22. The van der Waals surface area contributed by atoms with Gasteiger partial charge in [0.25, 0.3) is 0 Å². The SMILES string of the molecule is COc1cnc(C(O)C(Cc2nnc(-c3cccnc3)n2-c2c(OC)cccc2OC)S(N)(=O)=O)cn1. The van der Waals surface area contributed by atoms with Gasteiger partial charge in [-0.1, -0.05) is 6.07 Å². The van der Waals surface area contributed by atoms with E-state index in [4.69, 9.17) is 19.3 Å². The first-order valence-corrected chi connectivity index (χ1v) is 12.5. The molecular weight excluding hydrogens is 502 g/mol. The Bertz CT molecular complexity index is 1440. The minimum absolute atomic E-state index is 0.00625. The summed E-state index contributed by atoms with van der Waals surface area (Å²) in [5.74, 6) is 1.55. The second-order valence-electron chi connectivity index (χ2n) is 7.79. The molecule has 2 atom stereocenters. The van der Waals surface area contributed by atoms with E-state index in [-0.39, 0.29) is 23.8 Å². The zero-order valence-electron chi connectivity index (χ0n) is 20.2. The van der Waals surface area contributed by atoms with Crippen LogP contribution in [0, 0.1) is 0 Å². The predicted molar refractivity (Wildman–Crippen MR) is 132 cm³/mol. The highest BCUT2D eigenvalue weighted by Gasteiger charge is 2.35. The molecule has 2 unspecified atom stereocenters. The van der Waals surface area contributed by atoms with Gasteiger partial charge in [-0.2, -0.15) is 0 Å². The summed E-state index contributed by atoms with van der Waals surface area (Å²) < 4.78 is 43.1. The molecule has 3 aromatic heterocycles. The fourth-order valence-corrected chi connectivity index (χ4v) is 4.66. The van der Waals surface area contributed by atoms with Gasteiger partial charge in [-0.3, -0.25) is 14.5 Å². The fourth-order valence-electron chi connectivity index (χ4n) is 3.78. The Balaban J connectivity index is 1.88. The van der Waals surface area contributed by atoms with Crippen LogP contribution in [-0.4, -0.2) is 69.8 Å². The summed E-state index contributed by atoms with van der Waals surface area (Å²) in [4.78, 5) is 12.2. The van der Waals surface area contributed by atoms with Crippen molar-refractivity contribution >= 4 is 10.0 Å². The van der Waals surface area contributed by atoms with Crippen molar-refractivity contribution in [1.82, 2.24) is 29.7 Å². The third kappa shape index (κ3) is 5.35. The van der Waals surface area contributed by atoms with Gasteiger partial charge in [-0.25, -0.2) is 18.5 Å². The molecule has 4 aromatic rings. The average molecular weight is 528 g/mol. The summed E-state index contributed by atoms with van der Waals surface area (Å²) in [7, 11) is 0.0747. The van der Waals surface area contributed by atoms with Crippen LogP contribution in [0.4, 0.5) is 0 Å². The largest absolute Gasteiger partial charge is 0.494 e. The number of hydrogen-bond acceptors (Lipinski definition) is 11. The number of rotatable bonds is 10. The lowest BCUT2D eigenvalue weighted by molar-refractivity contribution is 0.164. The monoisotopic (exact) mass is 527 g/mol. The molecule has 3 heterocycles. The predicted octanol–water partition coefficient (Wildman–Crippen LogP) is 1.08. The van der Waals surface area contributed by atoms with E-state index in [0.717, 1.165) is 0 Å². The van der Waals surface area contributed by atoms with E-state index in [9.17, 15) is 13.5 Å². The number of para-hydroxylation sites is 1. The molecule has 0 saturated heterocycles. The third-order valence-electron chi connectivity index (χ3n) is 5.59. The molecule has 0 aliphatic carbocycles. The number of primary sulfonamides is 1. The molecule has 0 bridgehead atoms. The van der Waals surface area contributed by atoms with Gasteiger partial charge in [0, 0.05) is 24.4 Å². The second-order valence-corrected chi connectivity index (χ2v) is 9.57. The molecule has 0 radical (unpaired) electrons. The molecule has 194 valence electrons. The van der Waals surface area contributed by atoms with E-state index < -0.39 is 21.4 Å². The number of pyridine rings is 1. The van der Waals surface area contributed by atoms with Crippen LogP contribution in [0.3, 0.4) is 0 Å². The van der Waals surface area contributed by atoms with Crippen LogP contribution in [0.2, 0.25) is 0 Å². The number of aromatic nitrogens is 6. The normalized spacial score (nSPS) is 13.1. The van der Waals surface area contributed by atoms with E-state index in [1.807, 2.05) is 0 Å². The van der Waals surface area contributed by atoms with E-state index in [2.05, 4.69) is 25.1 Å². The number of sulfonamides is 1. The van der Waals surface area contributed by atoms with Crippen molar-refractivity contribution in [1.29, 1.82) is 0 Å². The maximum atomic E-state index is 12.7. The standard InChI is InChI=1S/C23H25N7O6S/c1-34-16-7-4-8-17(35-2)21(16)30-19(28-29-23(30)14-6-5-9-25-11-14)10-18(37(24,32)33)22(31)15-12-27-20(36-3)13-26-15/h4-9,11-13,18,22,31H,10H2,1-3H3,(H2,24,32,33). The van der Waals surface area contributed by atoms with Gasteiger partial charge in [0.15, 0.2) is 5.82 Å². The van der Waals surface area contributed by atoms with E-state index >= 15 is 0 Å². The van der Waals surface area contributed by atoms with Crippen LogP contribution < -0.4 is 19.3 Å². The van der Waals surface area contributed by atoms with Crippen LogP contribution in [0.5, 0.6) is 17.4 Å². The van der Waals surface area contributed by atoms with Crippen LogP contribution >= 0.6 is 0 Å². The molecule has 13 nitrogen and oxygen atoms in total. The lowest BCUT2D eigenvalue weighted by atomic mass is 10.1. The number of ether oxygens (including phenoxy) is 3. The summed E-state index contributed by atoms with van der Waals surface area (Å²) in [6, 6.07) is 8.68. The molecule has 0 fully saturated rings. The number of nitrogens with two attached hydrogens (primary N) is 1. The first-order valence-electron chi connectivity index (χ1n) is 10.9. The number of methoxy groups -OCH3 is 3. The minimum Gasteiger partial charge on any atom is -0.494 e. The van der Waals surface area contributed by atoms with Crippen LogP contribution in [0.1, 0.15) is 17.6 Å². The fraction of sp³-hybridized carbons (Fsp3) is 0.261. The molecule has 1 aromatic carbocycles. The van der Waals surface area contributed by atoms with Gasteiger partial charge in [0.05, 0.1) is 39.4 Å². The van der Waals surface area contributed by atoms with Crippen molar-refractivity contribution in [2.24, 2.45) is 5.14 Å². The summed E-state index contributed by atoms with van der Waals surface area (Å²) in [5.41, 5.74) is 1.02. The Hall–Kier alpha value is -4.14. The molecule has 0 spiro atoms. The first-order chi connectivity index (χ1) is 17.8. The number of aliphatic hydroxyl groups excluding tert-OH is 1. The zero-order chi connectivity index (χ0) is 26.6. The Kier molecular flexibility index (Phi) is 7.61.